The molecular weight excluding hydrogens is 226 g/mol. The fourth-order valence-corrected chi connectivity index (χ4v) is 1.29. The van der Waals surface area contributed by atoms with E-state index in [1.807, 2.05) is 0 Å². The maximum Gasteiger partial charge on any atom is 0.243 e. The Labute approximate surface area is 98.2 Å². The topological polar surface area (TPSA) is 81.8 Å². The number of phenols is 1. The van der Waals surface area contributed by atoms with E-state index in [0.29, 0.717) is 5.56 Å². The van der Waals surface area contributed by atoms with Gasteiger partial charge in [-0.2, -0.15) is 0 Å². The van der Waals surface area contributed by atoms with Crippen molar-refractivity contribution in [1.29, 1.82) is 0 Å². The Hall–Kier alpha value is -2.24. The van der Waals surface area contributed by atoms with Crippen LogP contribution in [0.3, 0.4) is 0 Å². The average Bonchev–Trinajstić information content (AvgIpc) is 2.30. The maximum atomic E-state index is 10.5. The Bertz CT molecular complexity index is 442. The van der Waals surface area contributed by atoms with Gasteiger partial charge in [0.25, 0.3) is 0 Å². The van der Waals surface area contributed by atoms with Gasteiger partial charge in [0.15, 0.2) is 11.5 Å². The molecule has 1 rings (SSSR count). The maximum absolute atomic E-state index is 10.5. The highest BCUT2D eigenvalue weighted by Gasteiger charge is 2.11. The molecule has 0 fully saturated rings. The molecule has 0 spiro atoms. The van der Waals surface area contributed by atoms with E-state index in [1.54, 1.807) is 0 Å². The molecule has 0 aliphatic heterocycles. The van der Waals surface area contributed by atoms with E-state index in [0.717, 1.165) is 0 Å². The number of hydrogen-bond donors (Lipinski definition) is 1. The first-order valence-electron chi connectivity index (χ1n) is 4.77. The van der Waals surface area contributed by atoms with E-state index in [-0.39, 0.29) is 22.9 Å². The van der Waals surface area contributed by atoms with Crippen LogP contribution in [0.2, 0.25) is 0 Å². The van der Waals surface area contributed by atoms with Gasteiger partial charge in [-0.25, -0.2) is 0 Å². The number of methoxy groups -OCH3 is 2. The molecule has 0 saturated carbocycles. The molecule has 6 nitrogen and oxygen atoms in total. The number of rotatable bonds is 4. The standard InChI is InChI=1S/C11H13NO5/c1-7(12(14)15)4-8-5-9(16-2)11(13)10(6-8)17-3/h4-6,13H,1-3H3. The van der Waals surface area contributed by atoms with E-state index >= 15 is 0 Å². The molecule has 0 unspecified atom stereocenters. The van der Waals surface area contributed by atoms with Crippen molar-refractivity contribution < 1.29 is 19.5 Å². The van der Waals surface area contributed by atoms with Crippen LogP contribution < -0.4 is 9.47 Å². The largest absolute Gasteiger partial charge is 0.502 e. The predicted molar refractivity (Wildman–Crippen MR) is 61.9 cm³/mol. The molecule has 92 valence electrons. The van der Waals surface area contributed by atoms with E-state index in [4.69, 9.17) is 9.47 Å². The predicted octanol–water partition coefficient (Wildman–Crippen LogP) is 2.05. The second-order valence-corrected chi connectivity index (χ2v) is 3.32. The summed E-state index contributed by atoms with van der Waals surface area (Å²) >= 11 is 0. The Morgan fingerprint density at radius 3 is 2.18 bits per heavy atom. The van der Waals surface area contributed by atoms with Crippen LogP contribution in [-0.2, 0) is 0 Å². The lowest BCUT2D eigenvalue weighted by molar-refractivity contribution is -0.422. The van der Waals surface area contributed by atoms with Crippen LogP contribution in [0, 0.1) is 10.1 Å². The lowest BCUT2D eigenvalue weighted by atomic mass is 10.1. The third-order valence-electron chi connectivity index (χ3n) is 2.17. The fourth-order valence-electron chi connectivity index (χ4n) is 1.29. The van der Waals surface area contributed by atoms with E-state index < -0.39 is 4.92 Å². The van der Waals surface area contributed by atoms with Gasteiger partial charge < -0.3 is 14.6 Å². The summed E-state index contributed by atoms with van der Waals surface area (Å²) in [6.45, 7) is 1.38. The zero-order valence-electron chi connectivity index (χ0n) is 9.76. The summed E-state index contributed by atoms with van der Waals surface area (Å²) in [5.74, 6) is 0.268. The lowest BCUT2D eigenvalue weighted by Gasteiger charge is -2.09. The average molecular weight is 239 g/mol. The number of ether oxygens (including phenoxy) is 2. The van der Waals surface area contributed by atoms with E-state index in [9.17, 15) is 15.2 Å². The van der Waals surface area contributed by atoms with Gasteiger partial charge in [0.05, 0.1) is 19.1 Å². The minimum absolute atomic E-state index is 0.0141. The second-order valence-electron chi connectivity index (χ2n) is 3.32. The summed E-state index contributed by atoms with van der Waals surface area (Å²) in [4.78, 5) is 10.0. The van der Waals surface area contributed by atoms with Crippen LogP contribution >= 0.6 is 0 Å². The quantitative estimate of drug-likeness (QED) is 0.642. The number of nitrogens with zero attached hydrogens (tertiary/aromatic N) is 1. The summed E-state index contributed by atoms with van der Waals surface area (Å²) < 4.78 is 9.88. The molecule has 0 aliphatic rings. The highest BCUT2D eigenvalue weighted by Crippen LogP contribution is 2.37. The number of nitro groups is 1. The minimum Gasteiger partial charge on any atom is -0.502 e. The summed E-state index contributed by atoms with van der Waals surface area (Å²) in [5, 5.41) is 20.2. The van der Waals surface area contributed by atoms with Crippen molar-refractivity contribution in [3.8, 4) is 17.2 Å². The van der Waals surface area contributed by atoms with Crippen molar-refractivity contribution in [3.63, 3.8) is 0 Å². The van der Waals surface area contributed by atoms with Gasteiger partial charge in [-0.05, 0) is 17.7 Å². The van der Waals surface area contributed by atoms with Crippen LogP contribution in [0.15, 0.2) is 17.8 Å². The van der Waals surface area contributed by atoms with Gasteiger partial charge in [0.1, 0.15) is 0 Å². The molecule has 0 aliphatic carbocycles. The minimum atomic E-state index is -0.494. The molecule has 0 heterocycles. The van der Waals surface area contributed by atoms with Gasteiger partial charge in [-0.3, -0.25) is 10.1 Å². The third kappa shape index (κ3) is 2.87. The summed E-state index contributed by atoms with van der Waals surface area (Å²) in [5.41, 5.74) is 0.505. The van der Waals surface area contributed by atoms with Gasteiger partial charge in [0.2, 0.25) is 11.4 Å². The zero-order valence-corrected chi connectivity index (χ0v) is 9.76. The van der Waals surface area contributed by atoms with Crippen molar-refractivity contribution in [1.82, 2.24) is 0 Å². The Morgan fingerprint density at radius 2 is 1.82 bits per heavy atom. The number of phenolic OH excluding ortho intramolecular Hbond substituents is 1. The molecule has 6 heteroatoms. The van der Waals surface area contributed by atoms with E-state index in [2.05, 4.69) is 0 Å². The van der Waals surface area contributed by atoms with Crippen LogP contribution in [0.5, 0.6) is 17.2 Å². The van der Waals surface area contributed by atoms with Gasteiger partial charge in [-0.1, -0.05) is 0 Å². The van der Waals surface area contributed by atoms with Crippen molar-refractivity contribution in [3.05, 3.63) is 33.5 Å². The van der Waals surface area contributed by atoms with Crippen molar-refractivity contribution in [2.75, 3.05) is 14.2 Å². The molecule has 1 aromatic carbocycles. The van der Waals surface area contributed by atoms with Crippen molar-refractivity contribution in [2.24, 2.45) is 0 Å². The molecule has 0 aromatic heterocycles. The Kier molecular flexibility index (Phi) is 3.92. The monoisotopic (exact) mass is 239 g/mol. The summed E-state index contributed by atoms with van der Waals surface area (Å²) in [6.07, 6.45) is 1.37. The van der Waals surface area contributed by atoms with Gasteiger partial charge >= 0.3 is 0 Å². The second kappa shape index (κ2) is 5.20. The van der Waals surface area contributed by atoms with Crippen LogP contribution in [0.1, 0.15) is 12.5 Å². The molecule has 0 bridgehead atoms. The zero-order chi connectivity index (χ0) is 13.0. The first-order chi connectivity index (χ1) is 7.99. The molecule has 0 radical (unpaired) electrons. The van der Waals surface area contributed by atoms with E-state index in [1.165, 1.54) is 39.4 Å². The fraction of sp³-hybridized carbons (Fsp3) is 0.273. The lowest BCUT2D eigenvalue weighted by Crippen LogP contribution is -1.94. The highest BCUT2D eigenvalue weighted by molar-refractivity contribution is 5.62. The first kappa shape index (κ1) is 12.8. The SMILES string of the molecule is COc1cc(C=C(C)[N+](=O)[O-])cc(OC)c1O. The van der Waals surface area contributed by atoms with Crippen LogP contribution in [0.25, 0.3) is 6.08 Å². The van der Waals surface area contributed by atoms with Crippen LogP contribution in [-0.4, -0.2) is 24.2 Å². The smallest absolute Gasteiger partial charge is 0.243 e. The Morgan fingerprint density at radius 1 is 1.35 bits per heavy atom. The highest BCUT2D eigenvalue weighted by atomic mass is 16.6. The first-order valence-corrected chi connectivity index (χ1v) is 4.77. The number of benzene rings is 1. The van der Waals surface area contributed by atoms with Crippen molar-refractivity contribution >= 4 is 6.08 Å². The van der Waals surface area contributed by atoms with Gasteiger partial charge in [-0.15, -0.1) is 0 Å². The Balaban J connectivity index is 3.27. The summed E-state index contributed by atoms with van der Waals surface area (Å²) in [6, 6.07) is 2.98. The normalized spacial score (nSPS) is 11.1. The third-order valence-corrected chi connectivity index (χ3v) is 2.17. The molecule has 1 aromatic rings. The van der Waals surface area contributed by atoms with Crippen LogP contribution in [0.4, 0.5) is 0 Å². The molecule has 0 amide bonds. The number of aromatic hydroxyl groups is 1. The summed E-state index contributed by atoms with van der Waals surface area (Å²) in [7, 11) is 2.78. The molecule has 17 heavy (non-hydrogen) atoms. The molecule has 0 atom stereocenters. The number of allylic oxidation sites excluding steroid dienone is 1. The number of hydrogen-bond acceptors (Lipinski definition) is 5. The molecule has 1 N–H and O–H groups in total. The molecular formula is C11H13NO5. The van der Waals surface area contributed by atoms with Crippen molar-refractivity contribution in [2.45, 2.75) is 6.92 Å². The van der Waals surface area contributed by atoms with Gasteiger partial charge in [0, 0.05) is 13.0 Å². The molecule has 0 saturated heterocycles.